The third-order valence-electron chi connectivity index (χ3n) is 4.62. The van der Waals surface area contributed by atoms with Gasteiger partial charge in [-0.1, -0.05) is 42.5 Å². The summed E-state index contributed by atoms with van der Waals surface area (Å²) in [5.74, 6) is 1.15. The summed E-state index contributed by atoms with van der Waals surface area (Å²) in [6, 6.07) is 19.8. The van der Waals surface area contributed by atoms with Crippen molar-refractivity contribution in [2.75, 3.05) is 0 Å². The monoisotopic (exact) mass is 373 g/mol. The first-order valence-corrected chi connectivity index (χ1v) is 9.02. The highest BCUT2D eigenvalue weighted by atomic mass is 16.4. The molecular weight excluding hydrogens is 354 g/mol. The van der Waals surface area contributed by atoms with Crippen molar-refractivity contribution >= 4 is 22.7 Å². The number of fused-ring (bicyclic) bond motifs is 1. The Labute approximate surface area is 162 Å². The molecule has 1 N–H and O–H groups in total. The lowest BCUT2D eigenvalue weighted by molar-refractivity contribution is 0.0908. The van der Waals surface area contributed by atoms with Gasteiger partial charge in [-0.05, 0) is 38.1 Å². The van der Waals surface area contributed by atoms with Gasteiger partial charge in [0, 0.05) is 16.5 Å². The molecule has 0 aliphatic heterocycles. The van der Waals surface area contributed by atoms with Gasteiger partial charge in [0.05, 0.1) is 6.04 Å². The van der Waals surface area contributed by atoms with Gasteiger partial charge in [0.2, 0.25) is 0 Å². The lowest BCUT2D eigenvalue weighted by atomic mass is 10.1. The van der Waals surface area contributed by atoms with Crippen LogP contribution in [0.1, 0.15) is 46.6 Å². The van der Waals surface area contributed by atoms with Gasteiger partial charge in [-0.2, -0.15) is 0 Å². The smallest absolute Gasteiger partial charge is 0.287 e. The molecule has 28 heavy (non-hydrogen) atoms. The third-order valence-corrected chi connectivity index (χ3v) is 4.62. The normalized spacial score (nSPS) is 12.1. The summed E-state index contributed by atoms with van der Waals surface area (Å²) < 4.78 is 11.5. The minimum atomic E-state index is -0.320. The largest absolute Gasteiger partial charge is 0.459 e. The second kappa shape index (κ2) is 7.19. The molecule has 0 saturated carbocycles. The van der Waals surface area contributed by atoms with E-state index in [1.165, 1.54) is 6.92 Å². The fourth-order valence-corrected chi connectivity index (χ4v) is 3.04. The van der Waals surface area contributed by atoms with E-state index in [0.717, 1.165) is 16.5 Å². The molecule has 1 atom stereocenters. The van der Waals surface area contributed by atoms with Crippen molar-refractivity contribution in [3.63, 3.8) is 0 Å². The van der Waals surface area contributed by atoms with E-state index in [-0.39, 0.29) is 23.5 Å². The van der Waals surface area contributed by atoms with Crippen LogP contribution in [0.4, 0.5) is 0 Å². The number of nitrogens with one attached hydrogen (secondary N) is 1. The number of ketones is 1. The maximum absolute atomic E-state index is 12.5. The fourth-order valence-electron chi connectivity index (χ4n) is 3.04. The molecular formula is C23H19NO4. The average Bonchev–Trinajstić information content (AvgIpc) is 3.35. The van der Waals surface area contributed by atoms with E-state index in [1.54, 1.807) is 36.4 Å². The summed E-state index contributed by atoms with van der Waals surface area (Å²) in [5, 5.41) is 3.88. The van der Waals surface area contributed by atoms with E-state index in [1.807, 2.05) is 37.3 Å². The zero-order valence-electron chi connectivity index (χ0n) is 15.6. The zero-order chi connectivity index (χ0) is 19.7. The SMILES string of the molecule is CC(=O)c1ccc(-c2ccc(C(=O)NC(C)c3cc4ccccc4o3)o2)cc1. The molecule has 0 fully saturated rings. The van der Waals surface area contributed by atoms with Crippen LogP contribution in [-0.2, 0) is 0 Å². The van der Waals surface area contributed by atoms with Crippen molar-refractivity contribution in [1.82, 2.24) is 5.32 Å². The number of hydrogen-bond acceptors (Lipinski definition) is 4. The first-order valence-electron chi connectivity index (χ1n) is 9.02. The van der Waals surface area contributed by atoms with Crippen LogP contribution in [0.2, 0.25) is 0 Å². The highest BCUT2D eigenvalue weighted by Crippen LogP contribution is 2.25. The second-order valence-electron chi connectivity index (χ2n) is 6.68. The van der Waals surface area contributed by atoms with Gasteiger partial charge in [-0.15, -0.1) is 0 Å². The number of Topliss-reactive ketones (excluding diaryl/α,β-unsaturated/α-hetero) is 1. The molecule has 0 radical (unpaired) electrons. The molecule has 4 rings (SSSR count). The molecule has 2 heterocycles. The summed E-state index contributed by atoms with van der Waals surface area (Å²) in [7, 11) is 0. The minimum absolute atomic E-state index is 0.00522. The quantitative estimate of drug-likeness (QED) is 0.476. The summed E-state index contributed by atoms with van der Waals surface area (Å²) in [6.07, 6.45) is 0. The predicted octanol–water partition coefficient (Wildman–Crippen LogP) is 5.39. The van der Waals surface area contributed by atoms with E-state index >= 15 is 0 Å². The van der Waals surface area contributed by atoms with Crippen molar-refractivity contribution in [3.8, 4) is 11.3 Å². The van der Waals surface area contributed by atoms with E-state index in [0.29, 0.717) is 17.1 Å². The van der Waals surface area contributed by atoms with Crippen LogP contribution in [-0.4, -0.2) is 11.7 Å². The van der Waals surface area contributed by atoms with Gasteiger partial charge < -0.3 is 14.2 Å². The predicted molar refractivity (Wildman–Crippen MR) is 106 cm³/mol. The van der Waals surface area contributed by atoms with E-state index in [4.69, 9.17) is 8.83 Å². The van der Waals surface area contributed by atoms with Gasteiger partial charge in [0.25, 0.3) is 5.91 Å². The Bertz CT molecular complexity index is 1120. The molecule has 0 spiro atoms. The number of carbonyl (C=O) groups is 2. The number of hydrogen-bond donors (Lipinski definition) is 1. The van der Waals surface area contributed by atoms with Crippen LogP contribution in [0.3, 0.4) is 0 Å². The molecule has 0 aliphatic carbocycles. The Kier molecular flexibility index (Phi) is 4.57. The topological polar surface area (TPSA) is 72.5 Å². The second-order valence-corrected chi connectivity index (χ2v) is 6.68. The lowest BCUT2D eigenvalue weighted by Crippen LogP contribution is -2.25. The van der Waals surface area contributed by atoms with E-state index in [9.17, 15) is 9.59 Å². The van der Waals surface area contributed by atoms with Crippen molar-refractivity contribution in [3.05, 3.63) is 83.8 Å². The summed E-state index contributed by atoms with van der Waals surface area (Å²) in [6.45, 7) is 3.38. The minimum Gasteiger partial charge on any atom is -0.459 e. The Morgan fingerprint density at radius 1 is 0.929 bits per heavy atom. The molecule has 0 bridgehead atoms. The molecule has 0 aliphatic rings. The zero-order valence-corrected chi connectivity index (χ0v) is 15.6. The third kappa shape index (κ3) is 3.47. The fraction of sp³-hybridized carbons (Fsp3) is 0.130. The van der Waals surface area contributed by atoms with Gasteiger partial charge >= 0.3 is 0 Å². The Balaban J connectivity index is 1.48. The summed E-state index contributed by atoms with van der Waals surface area (Å²) >= 11 is 0. The number of amides is 1. The molecule has 1 unspecified atom stereocenters. The standard InChI is InChI=1S/C23H19NO4/c1-14(22-13-18-5-3-4-6-19(18)28-22)24-23(26)21-12-11-20(27-21)17-9-7-16(8-10-17)15(2)25/h3-14H,1-2H3,(H,24,26). The lowest BCUT2D eigenvalue weighted by Gasteiger charge is -2.09. The van der Waals surface area contributed by atoms with Crippen LogP contribution >= 0.6 is 0 Å². The molecule has 2 aromatic carbocycles. The number of rotatable bonds is 5. The molecule has 0 saturated heterocycles. The maximum Gasteiger partial charge on any atom is 0.287 e. The molecule has 1 amide bonds. The Morgan fingerprint density at radius 2 is 1.68 bits per heavy atom. The summed E-state index contributed by atoms with van der Waals surface area (Å²) in [5.41, 5.74) is 2.22. The Hall–Kier alpha value is -3.60. The van der Waals surface area contributed by atoms with E-state index < -0.39 is 0 Å². The Morgan fingerprint density at radius 3 is 2.39 bits per heavy atom. The molecule has 4 aromatic rings. The molecule has 2 aromatic heterocycles. The van der Waals surface area contributed by atoms with Crippen LogP contribution in [0, 0.1) is 0 Å². The first-order chi connectivity index (χ1) is 13.5. The van der Waals surface area contributed by atoms with Crippen LogP contribution in [0.25, 0.3) is 22.3 Å². The van der Waals surface area contributed by atoms with Gasteiger partial charge in [-0.25, -0.2) is 0 Å². The number of para-hydroxylation sites is 1. The highest BCUT2D eigenvalue weighted by Gasteiger charge is 2.18. The maximum atomic E-state index is 12.5. The molecule has 140 valence electrons. The number of benzene rings is 2. The van der Waals surface area contributed by atoms with Gasteiger partial charge in [-0.3, -0.25) is 9.59 Å². The first kappa shape index (κ1) is 17.8. The van der Waals surface area contributed by atoms with Crippen LogP contribution in [0.5, 0.6) is 0 Å². The van der Waals surface area contributed by atoms with Crippen molar-refractivity contribution in [2.24, 2.45) is 0 Å². The van der Waals surface area contributed by atoms with Gasteiger partial charge in [0.1, 0.15) is 17.1 Å². The number of furan rings is 2. The molecule has 5 heteroatoms. The van der Waals surface area contributed by atoms with Crippen LogP contribution < -0.4 is 5.32 Å². The van der Waals surface area contributed by atoms with Crippen molar-refractivity contribution in [2.45, 2.75) is 19.9 Å². The van der Waals surface area contributed by atoms with Crippen LogP contribution in [0.15, 0.2) is 75.6 Å². The molecule has 5 nitrogen and oxygen atoms in total. The number of carbonyl (C=O) groups excluding carboxylic acids is 2. The van der Waals surface area contributed by atoms with Gasteiger partial charge in [0.15, 0.2) is 11.5 Å². The van der Waals surface area contributed by atoms with Crippen molar-refractivity contribution < 1.29 is 18.4 Å². The van der Waals surface area contributed by atoms with E-state index in [2.05, 4.69) is 5.32 Å². The summed E-state index contributed by atoms with van der Waals surface area (Å²) in [4.78, 5) is 23.9. The average molecular weight is 373 g/mol. The highest BCUT2D eigenvalue weighted by molar-refractivity contribution is 5.94. The van der Waals surface area contributed by atoms with Crippen molar-refractivity contribution in [1.29, 1.82) is 0 Å².